The van der Waals surface area contributed by atoms with E-state index in [4.69, 9.17) is 0 Å². The van der Waals surface area contributed by atoms with Crippen molar-refractivity contribution >= 4 is 24.1 Å². The molecule has 178 valence electrons. The topological polar surface area (TPSA) is 4.93 Å². The lowest BCUT2D eigenvalue weighted by Crippen LogP contribution is -2.51. The molecular formula is C31H44NP. The van der Waals surface area contributed by atoms with E-state index < -0.39 is 0 Å². The molecule has 6 aliphatic carbocycles. The third kappa shape index (κ3) is 3.50. The fourth-order valence-corrected chi connectivity index (χ4v) is 14.3. The number of aromatic nitrogens is 1. The second kappa shape index (κ2) is 8.40. The summed E-state index contributed by atoms with van der Waals surface area (Å²) in [5.41, 5.74) is 5.93. The van der Waals surface area contributed by atoms with Gasteiger partial charge >= 0.3 is 0 Å². The highest BCUT2D eigenvalue weighted by atomic mass is 31.1. The van der Waals surface area contributed by atoms with Crippen LogP contribution in [0.4, 0.5) is 0 Å². The first kappa shape index (κ1) is 21.5. The molecule has 0 aliphatic heterocycles. The summed E-state index contributed by atoms with van der Waals surface area (Å²) in [6.45, 7) is 0. The number of hydrogen-bond donors (Lipinski definition) is 0. The molecule has 0 atom stereocenters. The molecule has 0 amide bonds. The Morgan fingerprint density at radius 1 is 0.727 bits per heavy atom. The van der Waals surface area contributed by atoms with Crippen molar-refractivity contribution in [1.29, 1.82) is 0 Å². The summed E-state index contributed by atoms with van der Waals surface area (Å²) >= 11 is 0. The molecule has 0 saturated heterocycles. The molecule has 2 aromatic rings. The van der Waals surface area contributed by atoms with Crippen molar-refractivity contribution in [1.82, 2.24) is 4.57 Å². The first-order valence-corrected chi connectivity index (χ1v) is 16.1. The molecule has 2 heteroatoms. The van der Waals surface area contributed by atoms with Crippen LogP contribution in [0.2, 0.25) is 0 Å². The standard InChI is InChI=1S/C31H44NP/c1-32-28-15-9-8-14-27(28)29(30(32)31-19-22-16-23(20-31)18-24(17-22)21-31)33(25-10-4-2-5-11-25)26-12-6-3-7-13-26/h8-9,14-15,22-26H,2-7,10-13,16-21H2,1H3. The number of aryl methyl sites for hydroxylation is 1. The number of nitrogens with zero attached hydrogens (tertiary/aromatic N) is 1. The molecule has 1 aromatic heterocycles. The molecule has 0 spiro atoms. The minimum absolute atomic E-state index is 0.0646. The van der Waals surface area contributed by atoms with Crippen LogP contribution < -0.4 is 5.30 Å². The largest absolute Gasteiger partial charge is 0.346 e. The smallest absolute Gasteiger partial charge is 0.0486 e. The van der Waals surface area contributed by atoms with E-state index in [0.717, 1.165) is 29.1 Å². The summed E-state index contributed by atoms with van der Waals surface area (Å²) in [6, 6.07) is 9.65. The van der Waals surface area contributed by atoms with Crippen molar-refractivity contribution < 1.29 is 0 Å². The maximum Gasteiger partial charge on any atom is 0.0486 e. The van der Waals surface area contributed by atoms with Gasteiger partial charge in [-0.05, 0) is 99.3 Å². The molecule has 6 aliphatic rings. The van der Waals surface area contributed by atoms with Crippen LogP contribution in [-0.2, 0) is 12.5 Å². The van der Waals surface area contributed by atoms with Crippen LogP contribution in [0.5, 0.6) is 0 Å². The normalized spacial score (nSPS) is 35.2. The van der Waals surface area contributed by atoms with Gasteiger partial charge in [0.25, 0.3) is 0 Å². The summed E-state index contributed by atoms with van der Waals surface area (Å²) in [7, 11) is 2.40. The van der Waals surface area contributed by atoms with Crippen molar-refractivity contribution in [3.05, 3.63) is 30.0 Å². The highest BCUT2D eigenvalue weighted by Gasteiger charge is 2.54. The molecule has 1 nitrogen and oxygen atoms in total. The molecular weight excluding hydrogens is 417 g/mol. The fourth-order valence-electron chi connectivity index (χ4n) is 10.0. The quantitative estimate of drug-likeness (QED) is 0.403. The number of para-hydroxylation sites is 1. The van der Waals surface area contributed by atoms with Crippen molar-refractivity contribution in [3.8, 4) is 0 Å². The molecule has 0 radical (unpaired) electrons. The van der Waals surface area contributed by atoms with Crippen molar-refractivity contribution in [2.24, 2.45) is 24.8 Å². The highest BCUT2D eigenvalue weighted by Crippen LogP contribution is 2.64. The van der Waals surface area contributed by atoms with Gasteiger partial charge in [0.05, 0.1) is 0 Å². The molecule has 0 unspecified atom stereocenters. The molecule has 8 rings (SSSR count). The number of benzene rings is 1. The molecule has 1 aromatic carbocycles. The summed E-state index contributed by atoms with van der Waals surface area (Å²) in [5.74, 6) is 3.08. The monoisotopic (exact) mass is 461 g/mol. The van der Waals surface area contributed by atoms with E-state index in [-0.39, 0.29) is 7.92 Å². The Kier molecular flexibility index (Phi) is 5.46. The average molecular weight is 462 g/mol. The maximum atomic E-state index is 2.76. The Labute approximate surface area is 202 Å². The van der Waals surface area contributed by atoms with Crippen molar-refractivity contribution in [3.63, 3.8) is 0 Å². The van der Waals surface area contributed by atoms with Crippen LogP contribution in [0, 0.1) is 17.8 Å². The minimum Gasteiger partial charge on any atom is -0.346 e. The number of fused-ring (bicyclic) bond motifs is 1. The predicted molar refractivity (Wildman–Crippen MR) is 143 cm³/mol. The summed E-state index contributed by atoms with van der Waals surface area (Å²) < 4.78 is 2.76. The molecule has 1 heterocycles. The van der Waals surface area contributed by atoms with Crippen molar-refractivity contribution in [2.75, 3.05) is 0 Å². The van der Waals surface area contributed by atoms with Crippen molar-refractivity contribution in [2.45, 2.75) is 119 Å². The van der Waals surface area contributed by atoms with Crippen LogP contribution in [-0.4, -0.2) is 15.9 Å². The Balaban J connectivity index is 1.43. The van der Waals surface area contributed by atoms with Gasteiger partial charge in [-0.1, -0.05) is 64.6 Å². The zero-order valence-electron chi connectivity index (χ0n) is 20.9. The lowest BCUT2D eigenvalue weighted by molar-refractivity contribution is -0.00775. The Morgan fingerprint density at radius 2 is 1.24 bits per heavy atom. The molecule has 0 N–H and O–H groups in total. The minimum atomic E-state index is -0.0646. The van der Waals surface area contributed by atoms with Gasteiger partial charge in [0.15, 0.2) is 0 Å². The summed E-state index contributed by atoms with van der Waals surface area (Å²) in [4.78, 5) is 0. The predicted octanol–water partition coefficient (Wildman–Crippen LogP) is 8.42. The number of rotatable bonds is 4. The SMILES string of the molecule is Cn1c(C23CC4CC(CC(C4)C2)C3)c(P(C2CCCCC2)C2CCCCC2)c2ccccc21. The van der Waals surface area contributed by atoms with Crippen LogP contribution in [0.1, 0.15) is 108 Å². The lowest BCUT2D eigenvalue weighted by Gasteiger charge is -2.57. The first-order valence-electron chi connectivity index (χ1n) is 14.6. The summed E-state index contributed by atoms with van der Waals surface area (Å²) in [5, 5.41) is 3.62. The Bertz CT molecular complexity index is 952. The van der Waals surface area contributed by atoms with Crippen LogP contribution in [0.3, 0.4) is 0 Å². The van der Waals surface area contributed by atoms with Crippen LogP contribution >= 0.6 is 7.92 Å². The van der Waals surface area contributed by atoms with Gasteiger partial charge in [0.2, 0.25) is 0 Å². The van der Waals surface area contributed by atoms with E-state index in [1.54, 1.807) is 30.2 Å². The molecule has 4 bridgehead atoms. The molecule has 6 fully saturated rings. The van der Waals surface area contributed by atoms with E-state index in [1.807, 2.05) is 11.0 Å². The third-order valence-corrected chi connectivity index (χ3v) is 14.4. The second-order valence-electron chi connectivity index (χ2n) is 13.0. The Morgan fingerprint density at radius 3 is 1.79 bits per heavy atom. The van der Waals surface area contributed by atoms with E-state index in [0.29, 0.717) is 5.41 Å². The molecule has 33 heavy (non-hydrogen) atoms. The van der Waals surface area contributed by atoms with Gasteiger partial charge in [-0.15, -0.1) is 0 Å². The van der Waals surface area contributed by atoms with Gasteiger partial charge in [0.1, 0.15) is 0 Å². The average Bonchev–Trinajstić information content (AvgIpc) is 3.13. The number of hydrogen-bond acceptors (Lipinski definition) is 0. The maximum absolute atomic E-state index is 2.76. The van der Waals surface area contributed by atoms with E-state index in [1.165, 1.54) is 83.5 Å². The zero-order valence-corrected chi connectivity index (χ0v) is 21.8. The van der Waals surface area contributed by atoms with Gasteiger partial charge < -0.3 is 4.57 Å². The van der Waals surface area contributed by atoms with Gasteiger partial charge in [-0.3, -0.25) is 0 Å². The van der Waals surface area contributed by atoms with E-state index in [2.05, 4.69) is 35.9 Å². The van der Waals surface area contributed by atoms with Gasteiger partial charge in [-0.2, -0.15) is 0 Å². The highest BCUT2D eigenvalue weighted by molar-refractivity contribution is 7.67. The zero-order chi connectivity index (χ0) is 22.0. The van der Waals surface area contributed by atoms with E-state index in [9.17, 15) is 0 Å². The first-order chi connectivity index (χ1) is 16.2. The van der Waals surface area contributed by atoms with Gasteiger partial charge in [0, 0.05) is 34.4 Å². The van der Waals surface area contributed by atoms with Crippen LogP contribution in [0.15, 0.2) is 24.3 Å². The van der Waals surface area contributed by atoms with E-state index >= 15 is 0 Å². The van der Waals surface area contributed by atoms with Crippen LogP contribution in [0.25, 0.3) is 10.9 Å². The van der Waals surface area contributed by atoms with Gasteiger partial charge in [-0.25, -0.2) is 0 Å². The third-order valence-electron chi connectivity index (χ3n) is 10.8. The summed E-state index contributed by atoms with van der Waals surface area (Å²) in [6.07, 6.45) is 24.2. The Hall–Kier alpha value is -0.810. The second-order valence-corrected chi connectivity index (χ2v) is 15.7. The lowest BCUT2D eigenvalue weighted by atomic mass is 9.49. The fraction of sp³-hybridized carbons (Fsp3) is 0.742. The molecule has 6 saturated carbocycles.